The summed E-state index contributed by atoms with van der Waals surface area (Å²) in [5, 5.41) is 3.23. The number of nitrogens with one attached hydrogen (secondary N) is 1. The molecule has 172 valence electrons. The number of ether oxygens (including phenoxy) is 1. The Balaban J connectivity index is 1.67. The molecule has 0 atom stereocenters. The zero-order chi connectivity index (χ0) is 23.9. The highest BCUT2D eigenvalue weighted by molar-refractivity contribution is 6.32. The molecular weight excluding hydrogens is 446 g/mol. The lowest BCUT2D eigenvalue weighted by Gasteiger charge is -2.14. The molecule has 0 fully saturated rings. The third-order valence-corrected chi connectivity index (χ3v) is 5.39. The van der Waals surface area contributed by atoms with Gasteiger partial charge < -0.3 is 10.1 Å². The van der Waals surface area contributed by atoms with Crippen LogP contribution in [0.3, 0.4) is 0 Å². The fourth-order valence-electron chi connectivity index (χ4n) is 3.62. The first-order valence-corrected chi connectivity index (χ1v) is 11.6. The van der Waals surface area contributed by atoms with E-state index in [1.165, 1.54) is 0 Å². The Morgan fingerprint density at radius 2 is 1.59 bits per heavy atom. The van der Waals surface area contributed by atoms with E-state index in [-0.39, 0.29) is 18.4 Å². The molecule has 0 spiro atoms. The first-order chi connectivity index (χ1) is 16.5. The van der Waals surface area contributed by atoms with E-state index >= 15 is 0 Å². The van der Waals surface area contributed by atoms with Crippen LogP contribution in [0.5, 0.6) is 5.75 Å². The molecule has 0 saturated carbocycles. The number of benzene rings is 3. The molecule has 1 N–H and O–H groups in total. The quantitative estimate of drug-likeness (QED) is 0.315. The van der Waals surface area contributed by atoms with Gasteiger partial charge in [-0.15, -0.1) is 0 Å². The minimum Gasteiger partial charge on any atom is -0.489 e. The van der Waals surface area contributed by atoms with Crippen LogP contribution in [0.15, 0.2) is 84.9 Å². The summed E-state index contributed by atoms with van der Waals surface area (Å²) in [4.78, 5) is 22.0. The van der Waals surface area contributed by atoms with E-state index in [4.69, 9.17) is 21.3 Å². The monoisotopic (exact) mass is 471 g/mol. The van der Waals surface area contributed by atoms with Crippen molar-refractivity contribution in [1.29, 1.82) is 0 Å². The molecule has 5 nitrogen and oxygen atoms in total. The molecule has 34 heavy (non-hydrogen) atoms. The van der Waals surface area contributed by atoms with Gasteiger partial charge in [-0.1, -0.05) is 84.4 Å². The molecule has 0 bridgehead atoms. The Morgan fingerprint density at radius 3 is 2.29 bits per heavy atom. The van der Waals surface area contributed by atoms with Crippen molar-refractivity contribution in [2.24, 2.45) is 0 Å². The van der Waals surface area contributed by atoms with Crippen molar-refractivity contribution < 1.29 is 9.53 Å². The van der Waals surface area contributed by atoms with Gasteiger partial charge in [0.05, 0.1) is 12.1 Å². The van der Waals surface area contributed by atoms with Crippen LogP contribution in [0, 0.1) is 0 Å². The summed E-state index contributed by atoms with van der Waals surface area (Å²) < 4.78 is 5.96. The SMILES string of the molecule is CC(C)NC(=O)Cc1nc(-c2cccc(OCc3ccccc3)c2)nc(Cl)c1-c1ccccc1. The molecule has 0 saturated heterocycles. The second-order valence-corrected chi connectivity index (χ2v) is 8.58. The number of halogens is 1. The van der Waals surface area contributed by atoms with E-state index in [1.807, 2.05) is 98.8 Å². The van der Waals surface area contributed by atoms with E-state index < -0.39 is 0 Å². The van der Waals surface area contributed by atoms with E-state index in [0.717, 1.165) is 16.7 Å². The number of hydrogen-bond acceptors (Lipinski definition) is 4. The van der Waals surface area contributed by atoms with Crippen LogP contribution in [0.25, 0.3) is 22.5 Å². The second kappa shape index (κ2) is 10.9. The summed E-state index contributed by atoms with van der Waals surface area (Å²) in [6.07, 6.45) is 0.0991. The van der Waals surface area contributed by atoms with Crippen LogP contribution in [0.4, 0.5) is 0 Å². The van der Waals surface area contributed by atoms with Crippen molar-refractivity contribution in [1.82, 2.24) is 15.3 Å². The predicted molar refractivity (Wildman–Crippen MR) is 136 cm³/mol. The third-order valence-electron chi connectivity index (χ3n) is 5.12. The topological polar surface area (TPSA) is 64.1 Å². The minimum atomic E-state index is -0.118. The lowest BCUT2D eigenvalue weighted by atomic mass is 10.0. The summed E-state index contributed by atoms with van der Waals surface area (Å²) in [6, 6.07) is 27.2. The van der Waals surface area contributed by atoms with E-state index in [2.05, 4.69) is 10.3 Å². The maximum atomic E-state index is 12.6. The van der Waals surface area contributed by atoms with Gasteiger partial charge >= 0.3 is 0 Å². The van der Waals surface area contributed by atoms with E-state index in [9.17, 15) is 4.79 Å². The first-order valence-electron chi connectivity index (χ1n) is 11.2. The van der Waals surface area contributed by atoms with Gasteiger partial charge in [-0.05, 0) is 37.1 Å². The molecule has 3 aromatic carbocycles. The van der Waals surface area contributed by atoms with Crippen molar-refractivity contribution >= 4 is 17.5 Å². The van der Waals surface area contributed by atoms with Crippen LogP contribution in [-0.4, -0.2) is 21.9 Å². The van der Waals surface area contributed by atoms with Gasteiger partial charge in [0.1, 0.15) is 17.5 Å². The Hall–Kier alpha value is -3.70. The van der Waals surface area contributed by atoms with Crippen LogP contribution >= 0.6 is 11.6 Å². The molecule has 0 aliphatic rings. The van der Waals surface area contributed by atoms with Crippen molar-refractivity contribution in [2.75, 3.05) is 0 Å². The van der Waals surface area contributed by atoms with E-state index in [0.29, 0.717) is 34.6 Å². The molecule has 0 unspecified atom stereocenters. The maximum Gasteiger partial charge on any atom is 0.226 e. The Morgan fingerprint density at radius 1 is 0.912 bits per heavy atom. The zero-order valence-corrected chi connectivity index (χ0v) is 19.9. The molecule has 0 aliphatic heterocycles. The number of aromatic nitrogens is 2. The smallest absolute Gasteiger partial charge is 0.226 e. The highest BCUT2D eigenvalue weighted by Gasteiger charge is 2.19. The average molecular weight is 472 g/mol. The number of nitrogens with zero attached hydrogens (tertiary/aromatic N) is 2. The number of hydrogen-bond donors (Lipinski definition) is 1. The molecule has 1 heterocycles. The van der Waals surface area contributed by atoms with E-state index in [1.54, 1.807) is 0 Å². The Labute approximate surface area is 204 Å². The van der Waals surface area contributed by atoms with Gasteiger partial charge in [0.15, 0.2) is 5.82 Å². The Bertz CT molecular complexity index is 1260. The summed E-state index contributed by atoms with van der Waals surface area (Å²) in [7, 11) is 0. The summed E-state index contributed by atoms with van der Waals surface area (Å²) in [5.41, 5.74) is 3.96. The first kappa shape index (κ1) is 23.5. The number of amides is 1. The summed E-state index contributed by atoms with van der Waals surface area (Å²) >= 11 is 6.68. The predicted octanol–water partition coefficient (Wildman–Crippen LogP) is 6.11. The van der Waals surface area contributed by atoms with Gasteiger partial charge in [-0.25, -0.2) is 9.97 Å². The average Bonchev–Trinajstić information content (AvgIpc) is 2.83. The lowest BCUT2D eigenvalue weighted by molar-refractivity contribution is -0.120. The largest absolute Gasteiger partial charge is 0.489 e. The van der Waals surface area contributed by atoms with Gasteiger partial charge in [0.25, 0.3) is 0 Å². The molecule has 4 rings (SSSR count). The molecule has 0 aliphatic carbocycles. The fraction of sp³-hybridized carbons (Fsp3) is 0.179. The van der Waals surface area contributed by atoms with Crippen molar-refractivity contribution in [3.63, 3.8) is 0 Å². The van der Waals surface area contributed by atoms with Gasteiger partial charge in [0, 0.05) is 17.2 Å². The van der Waals surface area contributed by atoms with Crippen molar-refractivity contribution in [3.05, 3.63) is 101 Å². The maximum absolute atomic E-state index is 12.6. The number of carbonyl (C=O) groups excluding carboxylic acids is 1. The summed E-state index contributed by atoms with van der Waals surface area (Å²) in [5.74, 6) is 1.03. The number of rotatable bonds is 8. The molecule has 6 heteroatoms. The Kier molecular flexibility index (Phi) is 7.55. The van der Waals surface area contributed by atoms with Crippen LogP contribution in [0.1, 0.15) is 25.1 Å². The van der Waals surface area contributed by atoms with Crippen LogP contribution in [0.2, 0.25) is 5.15 Å². The summed E-state index contributed by atoms with van der Waals surface area (Å²) in [6.45, 7) is 4.31. The van der Waals surface area contributed by atoms with Gasteiger partial charge in [0.2, 0.25) is 5.91 Å². The highest BCUT2D eigenvalue weighted by atomic mass is 35.5. The normalized spacial score (nSPS) is 10.8. The lowest BCUT2D eigenvalue weighted by Crippen LogP contribution is -2.31. The van der Waals surface area contributed by atoms with Gasteiger partial charge in [-0.3, -0.25) is 4.79 Å². The van der Waals surface area contributed by atoms with Crippen LogP contribution in [-0.2, 0) is 17.8 Å². The molecule has 0 radical (unpaired) electrons. The van der Waals surface area contributed by atoms with Crippen molar-refractivity contribution in [3.8, 4) is 28.3 Å². The number of carbonyl (C=O) groups is 1. The molecule has 1 aromatic heterocycles. The fourth-order valence-corrected chi connectivity index (χ4v) is 3.91. The molecular formula is C28H26ClN3O2. The van der Waals surface area contributed by atoms with Crippen LogP contribution < -0.4 is 10.1 Å². The van der Waals surface area contributed by atoms with Gasteiger partial charge in [-0.2, -0.15) is 0 Å². The molecule has 4 aromatic rings. The highest BCUT2D eigenvalue weighted by Crippen LogP contribution is 2.32. The van der Waals surface area contributed by atoms with Crippen molar-refractivity contribution in [2.45, 2.75) is 32.9 Å². The standard InChI is InChI=1S/C28H26ClN3O2/c1-19(2)30-25(33)17-24-26(21-12-7-4-8-13-21)27(29)32-28(31-24)22-14-9-15-23(16-22)34-18-20-10-5-3-6-11-20/h3-16,19H,17-18H2,1-2H3,(H,30,33). The minimum absolute atomic E-state index is 0.0305. The third kappa shape index (κ3) is 6.00. The zero-order valence-electron chi connectivity index (χ0n) is 19.2. The second-order valence-electron chi connectivity index (χ2n) is 8.23. The molecule has 1 amide bonds.